The lowest BCUT2D eigenvalue weighted by molar-refractivity contribution is -0.115. The van der Waals surface area contributed by atoms with E-state index in [0.29, 0.717) is 12.4 Å². The van der Waals surface area contributed by atoms with Crippen molar-refractivity contribution in [3.8, 4) is 0 Å². The van der Waals surface area contributed by atoms with Crippen molar-refractivity contribution < 1.29 is 9.90 Å². The molecule has 14 heavy (non-hydrogen) atoms. The van der Waals surface area contributed by atoms with Crippen molar-refractivity contribution in [3.05, 3.63) is 11.6 Å². The third kappa shape index (κ3) is 4.05. The first-order chi connectivity index (χ1) is 6.84. The van der Waals surface area contributed by atoms with E-state index in [0.717, 1.165) is 44.1 Å². The molecule has 1 N–H and O–H groups in total. The van der Waals surface area contributed by atoms with Crippen LogP contribution in [0.4, 0.5) is 0 Å². The van der Waals surface area contributed by atoms with Crippen molar-refractivity contribution in [2.75, 3.05) is 6.61 Å². The van der Waals surface area contributed by atoms with Gasteiger partial charge in [-0.15, -0.1) is 0 Å². The molecule has 1 aliphatic carbocycles. The maximum Gasteiger partial charge on any atom is 0.158 e. The van der Waals surface area contributed by atoms with E-state index in [-0.39, 0.29) is 0 Å². The zero-order valence-electron chi connectivity index (χ0n) is 8.80. The summed E-state index contributed by atoms with van der Waals surface area (Å²) in [6.45, 7) is 0.309. The monoisotopic (exact) mass is 196 g/mol. The van der Waals surface area contributed by atoms with Gasteiger partial charge in [-0.05, 0) is 31.3 Å². The predicted molar refractivity (Wildman–Crippen MR) is 57.1 cm³/mol. The Hall–Kier alpha value is -0.630. The highest BCUT2D eigenvalue weighted by Crippen LogP contribution is 2.19. The van der Waals surface area contributed by atoms with Crippen LogP contribution in [0.3, 0.4) is 0 Å². The van der Waals surface area contributed by atoms with Crippen molar-refractivity contribution in [1.29, 1.82) is 0 Å². The van der Waals surface area contributed by atoms with Crippen molar-refractivity contribution >= 4 is 5.78 Å². The van der Waals surface area contributed by atoms with Crippen LogP contribution in [0, 0.1) is 0 Å². The van der Waals surface area contributed by atoms with E-state index >= 15 is 0 Å². The van der Waals surface area contributed by atoms with Gasteiger partial charge in [-0.1, -0.05) is 25.3 Å². The van der Waals surface area contributed by atoms with E-state index in [4.69, 9.17) is 5.11 Å². The van der Waals surface area contributed by atoms with Crippen LogP contribution in [0.1, 0.15) is 51.4 Å². The molecule has 0 fully saturated rings. The maximum absolute atomic E-state index is 11.2. The van der Waals surface area contributed by atoms with E-state index in [9.17, 15) is 4.79 Å². The fraction of sp³-hybridized carbons (Fsp3) is 0.750. The van der Waals surface area contributed by atoms with Crippen LogP contribution in [0.5, 0.6) is 0 Å². The topological polar surface area (TPSA) is 37.3 Å². The molecule has 1 aliphatic rings. The molecule has 0 aliphatic heterocycles. The highest BCUT2D eigenvalue weighted by Gasteiger charge is 2.13. The second-order valence-electron chi connectivity index (χ2n) is 3.93. The summed E-state index contributed by atoms with van der Waals surface area (Å²) in [6, 6.07) is 0. The van der Waals surface area contributed by atoms with Crippen LogP contribution in [-0.4, -0.2) is 17.5 Å². The van der Waals surface area contributed by atoms with Gasteiger partial charge in [0.2, 0.25) is 0 Å². The summed E-state index contributed by atoms with van der Waals surface area (Å²) in [7, 11) is 0. The summed E-state index contributed by atoms with van der Waals surface area (Å²) >= 11 is 0. The zero-order chi connectivity index (χ0) is 10.2. The van der Waals surface area contributed by atoms with Crippen LogP contribution >= 0.6 is 0 Å². The Labute approximate surface area is 86.0 Å². The summed E-state index contributed by atoms with van der Waals surface area (Å²) in [6.07, 6.45) is 10.3. The van der Waals surface area contributed by atoms with Crippen LogP contribution in [0.15, 0.2) is 11.6 Å². The molecule has 0 radical (unpaired) electrons. The molecule has 2 nitrogen and oxygen atoms in total. The Morgan fingerprint density at radius 3 is 2.50 bits per heavy atom. The van der Waals surface area contributed by atoms with E-state index < -0.39 is 0 Å². The Balaban J connectivity index is 1.96. The molecule has 0 saturated heterocycles. The van der Waals surface area contributed by atoms with Gasteiger partial charge in [0.1, 0.15) is 0 Å². The first-order valence-electron chi connectivity index (χ1n) is 5.67. The molecular formula is C12H20O2. The van der Waals surface area contributed by atoms with Crippen LogP contribution in [-0.2, 0) is 4.79 Å². The minimum atomic E-state index is 0.309. The average molecular weight is 196 g/mol. The molecular weight excluding hydrogens is 176 g/mol. The maximum atomic E-state index is 11.2. The number of carbonyl (C=O) groups excluding carboxylic acids is 1. The standard InChI is InChI=1S/C12H20O2/c13-10-5-3-1-2-4-7-11-8-6-9-12(11)14/h8,13H,1-7,9-10H2. The highest BCUT2D eigenvalue weighted by molar-refractivity contribution is 5.97. The first-order valence-corrected chi connectivity index (χ1v) is 5.67. The predicted octanol–water partition coefficient (Wildman–Crippen LogP) is 2.61. The van der Waals surface area contributed by atoms with Crippen LogP contribution in [0.25, 0.3) is 0 Å². The number of hydrogen-bond acceptors (Lipinski definition) is 2. The van der Waals surface area contributed by atoms with Crippen molar-refractivity contribution in [1.82, 2.24) is 0 Å². The van der Waals surface area contributed by atoms with Gasteiger partial charge < -0.3 is 5.11 Å². The summed E-state index contributed by atoms with van der Waals surface area (Å²) in [4.78, 5) is 11.2. The molecule has 0 saturated carbocycles. The molecule has 1 rings (SSSR count). The lowest BCUT2D eigenvalue weighted by atomic mass is 10.0. The van der Waals surface area contributed by atoms with Gasteiger partial charge in [-0.2, -0.15) is 0 Å². The number of hydrogen-bond donors (Lipinski definition) is 1. The van der Waals surface area contributed by atoms with Gasteiger partial charge in [0.25, 0.3) is 0 Å². The molecule has 0 aromatic rings. The SMILES string of the molecule is O=C1CCC=C1CCCCCCCO. The number of carbonyl (C=O) groups is 1. The molecule has 0 heterocycles. The molecule has 0 spiro atoms. The number of allylic oxidation sites excluding steroid dienone is 2. The lowest BCUT2D eigenvalue weighted by Gasteiger charge is -2.01. The van der Waals surface area contributed by atoms with E-state index in [1.54, 1.807) is 0 Å². The van der Waals surface area contributed by atoms with Crippen LogP contribution in [0.2, 0.25) is 0 Å². The summed E-state index contributed by atoms with van der Waals surface area (Å²) < 4.78 is 0. The average Bonchev–Trinajstić information content (AvgIpc) is 2.58. The van der Waals surface area contributed by atoms with Crippen molar-refractivity contribution in [3.63, 3.8) is 0 Å². The van der Waals surface area contributed by atoms with Gasteiger partial charge >= 0.3 is 0 Å². The third-order valence-corrected chi connectivity index (χ3v) is 2.72. The van der Waals surface area contributed by atoms with Crippen molar-refractivity contribution in [2.24, 2.45) is 0 Å². The fourth-order valence-corrected chi connectivity index (χ4v) is 1.85. The van der Waals surface area contributed by atoms with Crippen LogP contribution < -0.4 is 0 Å². The summed E-state index contributed by atoms with van der Waals surface area (Å²) in [5, 5.41) is 8.58. The minimum absolute atomic E-state index is 0.309. The molecule has 0 unspecified atom stereocenters. The van der Waals surface area contributed by atoms with Gasteiger partial charge in [-0.3, -0.25) is 4.79 Å². The second-order valence-corrected chi connectivity index (χ2v) is 3.93. The first kappa shape index (κ1) is 11.4. The Morgan fingerprint density at radius 2 is 1.86 bits per heavy atom. The number of Topliss-reactive ketones (excluding diaryl/α,β-unsaturated/α-hetero) is 1. The third-order valence-electron chi connectivity index (χ3n) is 2.72. The number of aliphatic hydroxyl groups is 1. The van der Waals surface area contributed by atoms with Crippen molar-refractivity contribution in [2.45, 2.75) is 51.4 Å². The largest absolute Gasteiger partial charge is 0.396 e. The molecule has 0 atom stereocenters. The zero-order valence-corrected chi connectivity index (χ0v) is 8.80. The molecule has 2 heteroatoms. The van der Waals surface area contributed by atoms with Gasteiger partial charge in [0.05, 0.1) is 0 Å². The smallest absolute Gasteiger partial charge is 0.158 e. The highest BCUT2D eigenvalue weighted by atomic mass is 16.2. The number of aliphatic hydroxyl groups excluding tert-OH is 1. The molecule has 0 aromatic carbocycles. The summed E-state index contributed by atoms with van der Waals surface area (Å²) in [5.74, 6) is 0.361. The van der Waals surface area contributed by atoms with E-state index in [2.05, 4.69) is 6.08 Å². The number of unbranched alkanes of at least 4 members (excludes halogenated alkanes) is 4. The quantitative estimate of drug-likeness (QED) is 0.635. The molecule has 0 bridgehead atoms. The fourth-order valence-electron chi connectivity index (χ4n) is 1.85. The Morgan fingerprint density at radius 1 is 1.14 bits per heavy atom. The Bertz CT molecular complexity index is 206. The second kappa shape index (κ2) is 6.77. The minimum Gasteiger partial charge on any atom is -0.396 e. The number of rotatable bonds is 7. The lowest BCUT2D eigenvalue weighted by Crippen LogP contribution is -1.95. The summed E-state index contributed by atoms with van der Waals surface area (Å²) in [5.41, 5.74) is 1.06. The van der Waals surface area contributed by atoms with Gasteiger partial charge in [-0.25, -0.2) is 0 Å². The molecule has 80 valence electrons. The molecule has 0 aromatic heterocycles. The van der Waals surface area contributed by atoms with E-state index in [1.807, 2.05) is 0 Å². The molecule has 0 amide bonds. The van der Waals surface area contributed by atoms with E-state index in [1.165, 1.54) is 12.8 Å². The van der Waals surface area contributed by atoms with Gasteiger partial charge in [0, 0.05) is 13.0 Å². The Kier molecular flexibility index (Phi) is 5.53. The van der Waals surface area contributed by atoms with Gasteiger partial charge in [0.15, 0.2) is 5.78 Å². The number of ketones is 1. The normalized spacial score (nSPS) is 16.1.